The van der Waals surface area contributed by atoms with E-state index >= 15 is 0 Å². The minimum atomic E-state index is 0.314. The highest BCUT2D eigenvalue weighted by atomic mass is 16.3. The fourth-order valence-electron chi connectivity index (χ4n) is 3.06. The highest BCUT2D eigenvalue weighted by Gasteiger charge is 2.19. The van der Waals surface area contributed by atoms with Crippen LogP contribution in [0.25, 0.3) is 0 Å². The summed E-state index contributed by atoms with van der Waals surface area (Å²) in [5.74, 6) is 0.438. The highest BCUT2D eigenvalue weighted by molar-refractivity contribution is 5.14. The molecule has 0 radical (unpaired) electrons. The summed E-state index contributed by atoms with van der Waals surface area (Å²) < 4.78 is 0. The molecular formula is C18H30N2O. The van der Waals surface area contributed by atoms with Gasteiger partial charge in [-0.05, 0) is 50.3 Å². The summed E-state index contributed by atoms with van der Waals surface area (Å²) in [5, 5.41) is 12.7. The van der Waals surface area contributed by atoms with Gasteiger partial charge in [-0.15, -0.1) is 0 Å². The topological polar surface area (TPSA) is 35.5 Å². The number of aliphatic hydroxyl groups excluding tert-OH is 1. The Kier molecular flexibility index (Phi) is 7.20. The van der Waals surface area contributed by atoms with E-state index < -0.39 is 0 Å². The lowest BCUT2D eigenvalue weighted by atomic mass is 10.0. The van der Waals surface area contributed by atoms with Crippen molar-refractivity contribution in [1.29, 1.82) is 0 Å². The second-order valence-corrected chi connectivity index (χ2v) is 6.44. The highest BCUT2D eigenvalue weighted by Crippen LogP contribution is 2.14. The molecule has 0 spiro atoms. The van der Waals surface area contributed by atoms with Crippen LogP contribution in [-0.4, -0.2) is 42.3 Å². The number of likely N-dealkylation sites (tertiary alicyclic amines) is 1. The van der Waals surface area contributed by atoms with Crippen LogP contribution in [0.5, 0.6) is 0 Å². The lowest BCUT2D eigenvalue weighted by Crippen LogP contribution is -2.45. The van der Waals surface area contributed by atoms with Crippen LogP contribution in [0.3, 0.4) is 0 Å². The van der Waals surface area contributed by atoms with E-state index in [9.17, 15) is 0 Å². The number of hydrogen-bond acceptors (Lipinski definition) is 3. The minimum absolute atomic E-state index is 0.314. The Morgan fingerprint density at radius 3 is 2.90 bits per heavy atom. The van der Waals surface area contributed by atoms with Gasteiger partial charge in [-0.2, -0.15) is 0 Å². The molecule has 0 amide bonds. The van der Waals surface area contributed by atoms with Crippen LogP contribution in [0.15, 0.2) is 30.3 Å². The smallest absolute Gasteiger partial charge is 0.0456 e. The van der Waals surface area contributed by atoms with Crippen LogP contribution in [0, 0.1) is 5.92 Å². The van der Waals surface area contributed by atoms with Crippen molar-refractivity contribution >= 4 is 0 Å². The molecule has 1 aliphatic heterocycles. The summed E-state index contributed by atoms with van der Waals surface area (Å²) in [6.07, 6.45) is 4.86. The molecule has 1 aliphatic rings. The third-order valence-corrected chi connectivity index (χ3v) is 4.37. The Bertz CT molecular complexity index is 382. The van der Waals surface area contributed by atoms with Crippen molar-refractivity contribution in [1.82, 2.24) is 10.2 Å². The zero-order valence-corrected chi connectivity index (χ0v) is 13.3. The third kappa shape index (κ3) is 6.16. The number of piperidine rings is 1. The van der Waals surface area contributed by atoms with Crippen molar-refractivity contribution in [2.75, 3.05) is 26.2 Å². The lowest BCUT2D eigenvalue weighted by Gasteiger charge is -2.33. The van der Waals surface area contributed by atoms with Gasteiger partial charge in [0.1, 0.15) is 0 Å². The van der Waals surface area contributed by atoms with E-state index in [1.165, 1.54) is 24.9 Å². The van der Waals surface area contributed by atoms with Gasteiger partial charge in [0.2, 0.25) is 0 Å². The Hall–Kier alpha value is -0.900. The summed E-state index contributed by atoms with van der Waals surface area (Å²) in [7, 11) is 0. The van der Waals surface area contributed by atoms with E-state index in [4.69, 9.17) is 5.11 Å². The normalized spacial score (nSPS) is 21.3. The van der Waals surface area contributed by atoms with E-state index in [0.717, 1.165) is 32.5 Å². The average molecular weight is 290 g/mol. The molecule has 1 aromatic rings. The molecule has 21 heavy (non-hydrogen) atoms. The SMILES string of the molecule is CC(CO)CCCNC1CCCN(Cc2ccccc2)C1. The predicted octanol–water partition coefficient (Wildman–Crippen LogP) is 2.65. The van der Waals surface area contributed by atoms with Gasteiger partial charge in [0.05, 0.1) is 0 Å². The summed E-state index contributed by atoms with van der Waals surface area (Å²) >= 11 is 0. The van der Waals surface area contributed by atoms with Gasteiger partial charge < -0.3 is 10.4 Å². The molecule has 1 fully saturated rings. The number of aliphatic hydroxyl groups is 1. The number of hydrogen-bond donors (Lipinski definition) is 2. The maximum Gasteiger partial charge on any atom is 0.0456 e. The maximum absolute atomic E-state index is 9.03. The molecular weight excluding hydrogens is 260 g/mol. The van der Waals surface area contributed by atoms with Gasteiger partial charge in [0.15, 0.2) is 0 Å². The second kappa shape index (κ2) is 9.19. The number of nitrogens with one attached hydrogen (secondary N) is 1. The fraction of sp³-hybridized carbons (Fsp3) is 0.667. The first-order valence-electron chi connectivity index (χ1n) is 8.38. The quantitative estimate of drug-likeness (QED) is 0.723. The summed E-state index contributed by atoms with van der Waals surface area (Å²) in [4.78, 5) is 2.56. The van der Waals surface area contributed by atoms with Crippen molar-refractivity contribution < 1.29 is 5.11 Å². The van der Waals surface area contributed by atoms with Gasteiger partial charge in [0.25, 0.3) is 0 Å². The van der Waals surface area contributed by atoms with Crippen LogP contribution in [0.1, 0.15) is 38.2 Å². The summed E-state index contributed by atoms with van der Waals surface area (Å²) in [6.45, 7) is 6.95. The third-order valence-electron chi connectivity index (χ3n) is 4.37. The van der Waals surface area contributed by atoms with Gasteiger partial charge in [-0.1, -0.05) is 37.3 Å². The van der Waals surface area contributed by atoms with Crippen molar-refractivity contribution in [3.05, 3.63) is 35.9 Å². The van der Waals surface area contributed by atoms with E-state index in [2.05, 4.69) is 47.5 Å². The molecule has 1 saturated heterocycles. The first kappa shape index (κ1) is 16.5. The minimum Gasteiger partial charge on any atom is -0.396 e. The average Bonchev–Trinajstić information content (AvgIpc) is 2.52. The Balaban J connectivity index is 1.66. The van der Waals surface area contributed by atoms with Gasteiger partial charge >= 0.3 is 0 Å². The number of benzene rings is 1. The van der Waals surface area contributed by atoms with Crippen LogP contribution in [0.4, 0.5) is 0 Å². The molecule has 1 heterocycles. The molecule has 2 unspecified atom stereocenters. The lowest BCUT2D eigenvalue weighted by molar-refractivity contribution is 0.181. The van der Waals surface area contributed by atoms with Gasteiger partial charge in [0, 0.05) is 25.7 Å². The Morgan fingerprint density at radius 2 is 2.14 bits per heavy atom. The largest absolute Gasteiger partial charge is 0.396 e. The van der Waals surface area contributed by atoms with Crippen molar-refractivity contribution in [3.63, 3.8) is 0 Å². The van der Waals surface area contributed by atoms with E-state index in [0.29, 0.717) is 18.6 Å². The molecule has 2 rings (SSSR count). The van der Waals surface area contributed by atoms with Crippen molar-refractivity contribution in [2.45, 2.75) is 45.2 Å². The number of nitrogens with zero attached hydrogens (tertiary/aromatic N) is 1. The molecule has 118 valence electrons. The molecule has 0 saturated carbocycles. The molecule has 1 aromatic carbocycles. The first-order valence-corrected chi connectivity index (χ1v) is 8.38. The summed E-state index contributed by atoms with van der Waals surface area (Å²) in [5.41, 5.74) is 1.41. The molecule has 2 N–H and O–H groups in total. The van der Waals surface area contributed by atoms with E-state index in [1.807, 2.05) is 0 Å². The molecule has 0 aliphatic carbocycles. The van der Waals surface area contributed by atoms with E-state index in [-0.39, 0.29) is 0 Å². The van der Waals surface area contributed by atoms with Crippen LogP contribution in [-0.2, 0) is 6.54 Å². The van der Waals surface area contributed by atoms with E-state index in [1.54, 1.807) is 0 Å². The fourth-order valence-corrected chi connectivity index (χ4v) is 3.06. The molecule has 0 aromatic heterocycles. The van der Waals surface area contributed by atoms with Crippen LogP contribution < -0.4 is 5.32 Å². The zero-order chi connectivity index (χ0) is 14.9. The molecule has 3 heteroatoms. The number of rotatable bonds is 8. The van der Waals surface area contributed by atoms with Crippen molar-refractivity contribution in [3.8, 4) is 0 Å². The maximum atomic E-state index is 9.03. The van der Waals surface area contributed by atoms with Crippen LogP contribution in [0.2, 0.25) is 0 Å². The Morgan fingerprint density at radius 1 is 1.33 bits per heavy atom. The molecule has 2 atom stereocenters. The molecule has 0 bridgehead atoms. The second-order valence-electron chi connectivity index (χ2n) is 6.44. The van der Waals surface area contributed by atoms with Crippen LogP contribution >= 0.6 is 0 Å². The first-order chi connectivity index (χ1) is 10.3. The van der Waals surface area contributed by atoms with Gasteiger partial charge in [-0.3, -0.25) is 4.90 Å². The molecule has 3 nitrogen and oxygen atoms in total. The summed E-state index contributed by atoms with van der Waals surface area (Å²) in [6, 6.07) is 11.4. The predicted molar refractivity (Wildman–Crippen MR) is 88.2 cm³/mol. The Labute approximate surface area is 129 Å². The zero-order valence-electron chi connectivity index (χ0n) is 13.3. The standard InChI is InChI=1S/C18H30N2O/c1-16(15-21)7-5-11-19-18-10-6-12-20(14-18)13-17-8-3-2-4-9-17/h2-4,8-9,16,18-19,21H,5-7,10-15H2,1H3. The monoisotopic (exact) mass is 290 g/mol. The van der Waals surface area contributed by atoms with Gasteiger partial charge in [-0.25, -0.2) is 0 Å². The van der Waals surface area contributed by atoms with Crippen molar-refractivity contribution in [2.24, 2.45) is 5.92 Å².